The zero-order valence-electron chi connectivity index (χ0n) is 22.9. The highest BCUT2D eigenvalue weighted by Gasteiger charge is 2.42. The summed E-state index contributed by atoms with van der Waals surface area (Å²) in [4.78, 5) is 21.7. The van der Waals surface area contributed by atoms with Crippen molar-refractivity contribution in [1.82, 2.24) is 14.5 Å². The predicted octanol–water partition coefficient (Wildman–Crippen LogP) is 6.95. The number of esters is 1. The van der Waals surface area contributed by atoms with Crippen molar-refractivity contribution in [1.29, 1.82) is 0 Å². The van der Waals surface area contributed by atoms with Crippen LogP contribution in [0, 0.1) is 17.2 Å². The van der Waals surface area contributed by atoms with Gasteiger partial charge in [0.2, 0.25) is 0 Å². The van der Waals surface area contributed by atoms with Crippen molar-refractivity contribution in [2.24, 2.45) is 11.3 Å². The molecule has 3 rings (SSSR count). The van der Waals surface area contributed by atoms with Gasteiger partial charge in [-0.2, -0.15) is 4.98 Å². The lowest BCUT2D eigenvalue weighted by atomic mass is 9.70. The summed E-state index contributed by atoms with van der Waals surface area (Å²) in [5, 5.41) is 0. The zero-order valence-corrected chi connectivity index (χ0v) is 25.5. The molecule has 7 nitrogen and oxygen atoms in total. The third-order valence-corrected chi connectivity index (χ3v) is 8.97. The SMILES string of the molecule is CC(C)(C)OC(=O)C(C)(C)C1CCC(Oc2nc3cc(F)c(Br)nc3n2COCC[Si](C)(C)C)CC1. The van der Waals surface area contributed by atoms with Crippen LogP contribution < -0.4 is 4.74 Å². The van der Waals surface area contributed by atoms with Crippen LogP contribution in [0.3, 0.4) is 0 Å². The van der Waals surface area contributed by atoms with Crippen LogP contribution in [0.15, 0.2) is 10.7 Å². The first kappa shape index (κ1) is 29.0. The summed E-state index contributed by atoms with van der Waals surface area (Å²) in [6.45, 7) is 17.4. The second kappa shape index (κ2) is 11.1. The Kier molecular flexibility index (Phi) is 8.93. The minimum atomic E-state index is -1.23. The molecule has 1 fully saturated rings. The molecule has 2 aromatic heterocycles. The van der Waals surface area contributed by atoms with Gasteiger partial charge in [-0.05, 0) is 88.2 Å². The molecule has 0 radical (unpaired) electrons. The van der Waals surface area contributed by atoms with Gasteiger partial charge in [-0.15, -0.1) is 0 Å². The first-order chi connectivity index (χ1) is 16.6. The molecule has 0 unspecified atom stereocenters. The Labute approximate surface area is 223 Å². The van der Waals surface area contributed by atoms with Crippen LogP contribution in [0.4, 0.5) is 4.39 Å². The molecule has 2 aromatic rings. The second-order valence-corrected chi connectivity index (χ2v) is 19.0. The summed E-state index contributed by atoms with van der Waals surface area (Å²) in [7, 11) is -1.23. The lowest BCUT2D eigenvalue weighted by Crippen LogP contribution is -2.41. The number of aromatic nitrogens is 3. The first-order valence-electron chi connectivity index (χ1n) is 12.8. The van der Waals surface area contributed by atoms with E-state index in [-0.39, 0.29) is 29.3 Å². The van der Waals surface area contributed by atoms with Crippen molar-refractivity contribution in [3.05, 3.63) is 16.5 Å². The number of hydrogen-bond donors (Lipinski definition) is 0. The van der Waals surface area contributed by atoms with Gasteiger partial charge in [0.1, 0.15) is 28.6 Å². The maximum Gasteiger partial charge on any atom is 0.312 e. The highest BCUT2D eigenvalue weighted by molar-refractivity contribution is 9.10. The van der Waals surface area contributed by atoms with Gasteiger partial charge in [0.05, 0.1) is 5.41 Å². The molecule has 0 N–H and O–H groups in total. The van der Waals surface area contributed by atoms with Gasteiger partial charge in [0.25, 0.3) is 0 Å². The van der Waals surface area contributed by atoms with E-state index in [2.05, 4.69) is 45.5 Å². The largest absolute Gasteiger partial charge is 0.461 e. The molecule has 36 heavy (non-hydrogen) atoms. The van der Waals surface area contributed by atoms with E-state index in [0.29, 0.717) is 23.8 Å². The number of carbonyl (C=O) groups excluding carboxylic acids is 1. The lowest BCUT2D eigenvalue weighted by molar-refractivity contribution is -0.170. The number of imidazole rings is 1. The van der Waals surface area contributed by atoms with Crippen molar-refractivity contribution in [3.8, 4) is 6.01 Å². The van der Waals surface area contributed by atoms with Gasteiger partial charge in [-0.1, -0.05) is 19.6 Å². The third-order valence-electron chi connectivity index (χ3n) is 6.71. The lowest BCUT2D eigenvalue weighted by Gasteiger charge is -2.38. The molecular formula is C26H41BrFN3O4Si. The average molecular weight is 587 g/mol. The molecule has 1 aliphatic rings. The highest BCUT2D eigenvalue weighted by Crippen LogP contribution is 2.41. The number of ether oxygens (including phenoxy) is 3. The van der Waals surface area contributed by atoms with Crippen LogP contribution in [0.1, 0.15) is 60.3 Å². The molecule has 10 heteroatoms. The Bertz CT molecular complexity index is 1070. The van der Waals surface area contributed by atoms with E-state index in [4.69, 9.17) is 14.2 Å². The normalized spacial score (nSPS) is 19.5. The number of nitrogens with zero attached hydrogens (tertiary/aromatic N) is 3. The standard InChI is InChI=1S/C26H41BrFN3O4Si/c1-25(2,3)35-23(32)26(4,5)17-9-11-18(12-10-17)34-24-29-20-15-19(28)21(27)30-22(20)31(24)16-33-13-14-36(6,7)8/h15,17-18H,9-14,16H2,1-8H3. The highest BCUT2D eigenvalue weighted by atomic mass is 79.9. The number of fused-ring (bicyclic) bond motifs is 1. The Morgan fingerprint density at radius 1 is 1.14 bits per heavy atom. The molecule has 0 aromatic carbocycles. The number of hydrogen-bond acceptors (Lipinski definition) is 6. The monoisotopic (exact) mass is 585 g/mol. The quantitative estimate of drug-likeness (QED) is 0.137. The summed E-state index contributed by atoms with van der Waals surface area (Å²) in [6, 6.07) is 2.79. The summed E-state index contributed by atoms with van der Waals surface area (Å²) < 4.78 is 34.0. The number of halogens is 2. The van der Waals surface area contributed by atoms with Gasteiger partial charge in [-0.25, -0.2) is 9.37 Å². The maximum absolute atomic E-state index is 14.1. The smallest absolute Gasteiger partial charge is 0.312 e. The van der Waals surface area contributed by atoms with Gasteiger partial charge in [-0.3, -0.25) is 9.36 Å². The van der Waals surface area contributed by atoms with Gasteiger partial charge in [0, 0.05) is 20.7 Å². The summed E-state index contributed by atoms with van der Waals surface area (Å²) in [5.74, 6) is -0.416. The first-order valence-corrected chi connectivity index (χ1v) is 17.3. The minimum absolute atomic E-state index is 0.0541. The van der Waals surface area contributed by atoms with E-state index in [1.54, 1.807) is 4.57 Å². The van der Waals surface area contributed by atoms with Crippen molar-refractivity contribution >= 4 is 41.1 Å². The molecular weight excluding hydrogens is 545 g/mol. The topological polar surface area (TPSA) is 75.5 Å². The van der Waals surface area contributed by atoms with E-state index in [1.165, 1.54) is 6.07 Å². The van der Waals surface area contributed by atoms with Crippen molar-refractivity contribution in [2.45, 2.75) is 104 Å². The van der Waals surface area contributed by atoms with Crippen molar-refractivity contribution in [2.75, 3.05) is 6.61 Å². The molecule has 0 spiro atoms. The number of pyridine rings is 1. The van der Waals surface area contributed by atoms with Crippen LogP contribution in [-0.4, -0.2) is 46.9 Å². The molecule has 0 amide bonds. The van der Waals surface area contributed by atoms with E-state index in [0.717, 1.165) is 31.7 Å². The Balaban J connectivity index is 1.70. The molecule has 202 valence electrons. The molecule has 0 atom stereocenters. The maximum atomic E-state index is 14.1. The fourth-order valence-electron chi connectivity index (χ4n) is 4.35. The van der Waals surface area contributed by atoms with Crippen LogP contribution >= 0.6 is 15.9 Å². The number of carbonyl (C=O) groups is 1. The van der Waals surface area contributed by atoms with Crippen LogP contribution in [0.2, 0.25) is 25.7 Å². The summed E-state index contributed by atoms with van der Waals surface area (Å²) in [6.07, 6.45) is 3.23. The van der Waals surface area contributed by atoms with Crippen molar-refractivity contribution < 1.29 is 23.4 Å². The van der Waals surface area contributed by atoms with E-state index >= 15 is 0 Å². The van der Waals surface area contributed by atoms with Gasteiger partial charge < -0.3 is 14.2 Å². The summed E-state index contributed by atoms with van der Waals surface area (Å²) in [5.41, 5.74) is -0.123. The van der Waals surface area contributed by atoms with Crippen LogP contribution in [0.25, 0.3) is 11.2 Å². The van der Waals surface area contributed by atoms with Gasteiger partial charge >= 0.3 is 12.0 Å². The molecule has 0 aliphatic heterocycles. The van der Waals surface area contributed by atoms with Crippen LogP contribution in [-0.2, 0) is 21.0 Å². The average Bonchev–Trinajstić information content (AvgIpc) is 3.05. The van der Waals surface area contributed by atoms with E-state index in [1.807, 2.05) is 34.6 Å². The molecule has 2 heterocycles. The molecule has 0 bridgehead atoms. The molecule has 1 saturated carbocycles. The number of rotatable bonds is 9. The van der Waals surface area contributed by atoms with Crippen molar-refractivity contribution in [3.63, 3.8) is 0 Å². The fourth-order valence-corrected chi connectivity index (χ4v) is 5.39. The second-order valence-electron chi connectivity index (χ2n) is 12.6. The van der Waals surface area contributed by atoms with Gasteiger partial charge in [0.15, 0.2) is 11.5 Å². The minimum Gasteiger partial charge on any atom is -0.461 e. The molecule has 0 saturated heterocycles. The van der Waals surface area contributed by atoms with Crippen LogP contribution in [0.5, 0.6) is 6.01 Å². The molecule has 1 aliphatic carbocycles. The predicted molar refractivity (Wildman–Crippen MR) is 145 cm³/mol. The fraction of sp³-hybridized carbons (Fsp3) is 0.731. The van der Waals surface area contributed by atoms with E-state index < -0.39 is 24.9 Å². The Morgan fingerprint density at radius 2 is 1.78 bits per heavy atom. The Morgan fingerprint density at radius 3 is 2.36 bits per heavy atom. The van der Waals surface area contributed by atoms with E-state index in [9.17, 15) is 9.18 Å². The Hall–Kier alpha value is -1.52. The third kappa shape index (κ3) is 7.51. The zero-order chi connectivity index (χ0) is 26.9. The summed E-state index contributed by atoms with van der Waals surface area (Å²) >= 11 is 3.18.